The van der Waals surface area contributed by atoms with Gasteiger partial charge < -0.3 is 10.2 Å². The lowest BCUT2D eigenvalue weighted by Crippen LogP contribution is -2.15. The van der Waals surface area contributed by atoms with E-state index in [0.29, 0.717) is 21.7 Å². The molecule has 4 aromatic rings. The van der Waals surface area contributed by atoms with Crippen molar-refractivity contribution >= 4 is 17.5 Å². The van der Waals surface area contributed by atoms with Gasteiger partial charge in [0.05, 0.1) is 11.1 Å². The number of halogens is 1. The monoisotopic (exact) mass is 391 g/mol. The van der Waals surface area contributed by atoms with Crippen molar-refractivity contribution in [1.82, 2.24) is 14.8 Å². The number of aromatic nitrogens is 3. The maximum absolute atomic E-state index is 13.1. The third kappa shape index (κ3) is 3.21. The molecule has 0 saturated heterocycles. The average molecular weight is 392 g/mol. The van der Waals surface area contributed by atoms with E-state index in [2.05, 4.69) is 10.1 Å². The topological polar surface area (TPSA) is 88.2 Å². The number of carbonyl (C=O) groups excluding carboxylic acids is 1. The summed E-state index contributed by atoms with van der Waals surface area (Å²) in [6, 6.07) is 19.5. The Labute approximate surface area is 165 Å². The minimum atomic E-state index is -0.441. The van der Waals surface area contributed by atoms with Crippen LogP contribution in [0.15, 0.2) is 72.8 Å². The van der Waals surface area contributed by atoms with Crippen molar-refractivity contribution in [3.8, 4) is 34.3 Å². The first-order valence-corrected chi connectivity index (χ1v) is 8.76. The Morgan fingerprint density at radius 3 is 2.00 bits per heavy atom. The number of para-hydroxylation sites is 2. The molecule has 0 amide bonds. The average Bonchev–Trinajstić information content (AvgIpc) is 3.13. The number of phenols is 2. The highest BCUT2D eigenvalue weighted by Crippen LogP contribution is 2.32. The zero-order valence-electron chi connectivity index (χ0n) is 14.5. The van der Waals surface area contributed by atoms with Crippen LogP contribution in [-0.4, -0.2) is 30.9 Å². The first-order valence-electron chi connectivity index (χ1n) is 8.38. The van der Waals surface area contributed by atoms with Crippen LogP contribution in [-0.2, 0) is 0 Å². The zero-order chi connectivity index (χ0) is 19.7. The van der Waals surface area contributed by atoms with Gasteiger partial charge in [-0.2, -0.15) is 4.68 Å². The third-order valence-corrected chi connectivity index (χ3v) is 4.43. The Balaban J connectivity index is 1.91. The fraction of sp³-hybridized carbons (Fsp3) is 0. The van der Waals surface area contributed by atoms with Crippen LogP contribution in [0.25, 0.3) is 22.8 Å². The molecule has 0 spiro atoms. The van der Waals surface area contributed by atoms with Crippen LogP contribution in [0.2, 0.25) is 5.02 Å². The standard InChI is InChI=1S/C21H14ClN3O3/c22-14-11-9-13(10-12-14)21(28)25-20(16-6-2-4-8-18(16)27)23-19(24-25)15-5-1-3-7-17(15)26/h1-12,26-27H. The van der Waals surface area contributed by atoms with Crippen molar-refractivity contribution in [3.63, 3.8) is 0 Å². The molecule has 1 aromatic heterocycles. The fourth-order valence-electron chi connectivity index (χ4n) is 2.78. The number of nitrogens with zero attached hydrogens (tertiary/aromatic N) is 3. The van der Waals surface area contributed by atoms with Crippen LogP contribution in [0.4, 0.5) is 0 Å². The Bertz CT molecular complexity index is 1170. The van der Waals surface area contributed by atoms with E-state index in [1.54, 1.807) is 60.7 Å². The molecular weight excluding hydrogens is 378 g/mol. The van der Waals surface area contributed by atoms with E-state index in [9.17, 15) is 15.0 Å². The fourth-order valence-corrected chi connectivity index (χ4v) is 2.91. The van der Waals surface area contributed by atoms with E-state index in [1.165, 1.54) is 12.1 Å². The van der Waals surface area contributed by atoms with E-state index in [0.717, 1.165) is 4.68 Å². The normalized spacial score (nSPS) is 10.8. The van der Waals surface area contributed by atoms with Gasteiger partial charge in [-0.1, -0.05) is 35.9 Å². The summed E-state index contributed by atoms with van der Waals surface area (Å²) in [5.41, 5.74) is 1.08. The molecule has 0 bridgehead atoms. The molecule has 6 nitrogen and oxygen atoms in total. The SMILES string of the molecule is O=C(c1ccc(Cl)cc1)n1nc(-c2ccccc2O)nc1-c1ccccc1O. The Kier molecular flexibility index (Phi) is 4.55. The number of phenolic OH excluding ortho intramolecular Hbond substituents is 2. The molecular formula is C21H14ClN3O3. The highest BCUT2D eigenvalue weighted by Gasteiger charge is 2.22. The van der Waals surface area contributed by atoms with Gasteiger partial charge in [0.15, 0.2) is 11.6 Å². The molecule has 0 aliphatic heterocycles. The van der Waals surface area contributed by atoms with Gasteiger partial charge in [-0.3, -0.25) is 4.79 Å². The van der Waals surface area contributed by atoms with Crippen LogP contribution in [0.3, 0.4) is 0 Å². The van der Waals surface area contributed by atoms with E-state index < -0.39 is 5.91 Å². The molecule has 1 heterocycles. The van der Waals surface area contributed by atoms with Crippen LogP contribution < -0.4 is 0 Å². The molecule has 7 heteroatoms. The lowest BCUT2D eigenvalue weighted by molar-refractivity contribution is 0.0947. The number of carbonyl (C=O) groups is 1. The van der Waals surface area contributed by atoms with E-state index in [-0.39, 0.29) is 23.1 Å². The van der Waals surface area contributed by atoms with E-state index in [1.807, 2.05) is 0 Å². The number of hydrogen-bond donors (Lipinski definition) is 2. The van der Waals surface area contributed by atoms with E-state index >= 15 is 0 Å². The second kappa shape index (κ2) is 7.17. The maximum atomic E-state index is 13.1. The van der Waals surface area contributed by atoms with Crippen LogP contribution >= 0.6 is 11.6 Å². The molecule has 0 unspecified atom stereocenters. The van der Waals surface area contributed by atoms with Gasteiger partial charge in [0.1, 0.15) is 11.5 Å². The zero-order valence-corrected chi connectivity index (χ0v) is 15.2. The summed E-state index contributed by atoms with van der Waals surface area (Å²) in [7, 11) is 0. The minimum absolute atomic E-state index is 0.0116. The van der Waals surface area contributed by atoms with Gasteiger partial charge in [0.2, 0.25) is 0 Å². The van der Waals surface area contributed by atoms with Crippen LogP contribution in [0, 0.1) is 0 Å². The summed E-state index contributed by atoms with van der Waals surface area (Å²) in [6.45, 7) is 0. The summed E-state index contributed by atoms with van der Waals surface area (Å²) < 4.78 is 1.11. The molecule has 0 atom stereocenters. The van der Waals surface area contributed by atoms with Crippen molar-refractivity contribution < 1.29 is 15.0 Å². The lowest BCUT2D eigenvalue weighted by atomic mass is 10.1. The summed E-state index contributed by atoms with van der Waals surface area (Å²) in [4.78, 5) is 17.5. The van der Waals surface area contributed by atoms with Crippen molar-refractivity contribution in [2.75, 3.05) is 0 Å². The van der Waals surface area contributed by atoms with Gasteiger partial charge >= 0.3 is 0 Å². The van der Waals surface area contributed by atoms with Crippen LogP contribution in [0.5, 0.6) is 11.5 Å². The molecule has 0 radical (unpaired) electrons. The lowest BCUT2D eigenvalue weighted by Gasteiger charge is -2.06. The highest BCUT2D eigenvalue weighted by atomic mass is 35.5. The number of rotatable bonds is 3. The molecule has 3 aromatic carbocycles. The third-order valence-electron chi connectivity index (χ3n) is 4.18. The molecule has 0 aliphatic carbocycles. The summed E-state index contributed by atoms with van der Waals surface area (Å²) in [5.74, 6) is -0.162. The van der Waals surface area contributed by atoms with Gasteiger partial charge in [-0.05, 0) is 48.5 Å². The van der Waals surface area contributed by atoms with Gasteiger partial charge in [0, 0.05) is 10.6 Å². The van der Waals surface area contributed by atoms with E-state index in [4.69, 9.17) is 11.6 Å². The first kappa shape index (κ1) is 17.8. The van der Waals surface area contributed by atoms with Gasteiger partial charge in [0.25, 0.3) is 5.91 Å². The largest absolute Gasteiger partial charge is 0.507 e. The summed E-state index contributed by atoms with van der Waals surface area (Å²) in [5, 5.41) is 25.2. The molecule has 4 rings (SSSR count). The molecule has 28 heavy (non-hydrogen) atoms. The molecule has 2 N–H and O–H groups in total. The molecule has 0 aliphatic rings. The predicted molar refractivity (Wildman–Crippen MR) is 105 cm³/mol. The van der Waals surface area contributed by atoms with Crippen molar-refractivity contribution in [2.45, 2.75) is 0 Å². The van der Waals surface area contributed by atoms with Crippen LogP contribution in [0.1, 0.15) is 10.4 Å². The highest BCUT2D eigenvalue weighted by molar-refractivity contribution is 6.30. The first-order chi connectivity index (χ1) is 13.5. The second-order valence-corrected chi connectivity index (χ2v) is 6.45. The van der Waals surface area contributed by atoms with Crippen molar-refractivity contribution in [2.24, 2.45) is 0 Å². The summed E-state index contributed by atoms with van der Waals surface area (Å²) in [6.07, 6.45) is 0. The maximum Gasteiger partial charge on any atom is 0.280 e. The second-order valence-electron chi connectivity index (χ2n) is 6.02. The summed E-state index contributed by atoms with van der Waals surface area (Å²) >= 11 is 5.90. The quantitative estimate of drug-likeness (QED) is 0.541. The number of aromatic hydroxyl groups is 2. The Hall–Kier alpha value is -3.64. The number of benzene rings is 3. The van der Waals surface area contributed by atoms with Gasteiger partial charge in [-0.15, -0.1) is 5.10 Å². The minimum Gasteiger partial charge on any atom is -0.507 e. The number of hydrogen-bond acceptors (Lipinski definition) is 5. The molecule has 0 saturated carbocycles. The van der Waals surface area contributed by atoms with Crippen molar-refractivity contribution in [1.29, 1.82) is 0 Å². The molecule has 0 fully saturated rings. The van der Waals surface area contributed by atoms with Gasteiger partial charge in [-0.25, -0.2) is 4.98 Å². The smallest absolute Gasteiger partial charge is 0.280 e. The Morgan fingerprint density at radius 2 is 1.39 bits per heavy atom. The Morgan fingerprint density at radius 1 is 0.821 bits per heavy atom. The molecule has 138 valence electrons. The predicted octanol–water partition coefficient (Wildman–Crippen LogP) is 4.37. The van der Waals surface area contributed by atoms with Crippen molar-refractivity contribution in [3.05, 3.63) is 83.4 Å².